The quantitative estimate of drug-likeness (QED) is 0.302. The van der Waals surface area contributed by atoms with Crippen LogP contribution in [0.3, 0.4) is 0 Å². The Bertz CT molecular complexity index is 1570. The summed E-state index contributed by atoms with van der Waals surface area (Å²) >= 11 is 14.8. The Kier molecular flexibility index (Phi) is 10.0. The highest BCUT2D eigenvalue weighted by atomic mass is 35.5. The topological polar surface area (TPSA) is 82.2 Å². The number of anilines is 1. The zero-order chi connectivity index (χ0) is 31.7. The number of rotatable bonds is 8. The third kappa shape index (κ3) is 7.33. The number of piperazine rings is 1. The van der Waals surface area contributed by atoms with Crippen LogP contribution in [0.5, 0.6) is 0 Å². The number of hydrogen-bond acceptors (Lipinski definition) is 6. The van der Waals surface area contributed by atoms with Gasteiger partial charge in [0.05, 0.1) is 48.0 Å². The van der Waals surface area contributed by atoms with Gasteiger partial charge in [-0.15, -0.1) is 11.3 Å². The van der Waals surface area contributed by atoms with E-state index in [1.807, 2.05) is 41.6 Å². The molecule has 3 aromatic rings. The van der Waals surface area contributed by atoms with Gasteiger partial charge in [0.15, 0.2) is 0 Å². The van der Waals surface area contributed by atoms with Crippen molar-refractivity contribution in [3.8, 4) is 0 Å². The number of carbonyl (C=O) groups is 3. The molecule has 3 aliphatic rings. The van der Waals surface area contributed by atoms with Crippen molar-refractivity contribution in [3.05, 3.63) is 63.0 Å². The van der Waals surface area contributed by atoms with Crippen LogP contribution in [0.15, 0.2) is 41.8 Å². The monoisotopic (exact) mass is 670 g/mol. The van der Waals surface area contributed by atoms with Crippen LogP contribution in [-0.2, 0) is 20.7 Å². The van der Waals surface area contributed by atoms with Crippen LogP contribution in [0.4, 0.5) is 5.69 Å². The Labute approximate surface area is 278 Å². The van der Waals surface area contributed by atoms with Crippen molar-refractivity contribution in [1.82, 2.24) is 14.7 Å². The van der Waals surface area contributed by atoms with E-state index in [0.29, 0.717) is 53.1 Å². The number of amides is 3. The van der Waals surface area contributed by atoms with Crippen molar-refractivity contribution in [3.63, 3.8) is 0 Å². The Balaban J connectivity index is 1.14. The van der Waals surface area contributed by atoms with Crippen LogP contribution in [0.2, 0.25) is 10.0 Å². The Morgan fingerprint density at radius 1 is 1.07 bits per heavy atom. The minimum atomic E-state index is -0.269. The maximum Gasteiger partial charge on any atom is 0.257 e. The molecule has 0 bridgehead atoms. The Hall–Kier alpha value is -2.69. The molecule has 1 N–H and O–H groups in total. The van der Waals surface area contributed by atoms with E-state index >= 15 is 0 Å². The second-order valence-corrected chi connectivity index (χ2v) is 14.5. The molecule has 8 nitrogen and oxygen atoms in total. The molecule has 3 heterocycles. The van der Waals surface area contributed by atoms with Gasteiger partial charge in [0.25, 0.3) is 5.91 Å². The van der Waals surface area contributed by atoms with E-state index in [1.54, 1.807) is 17.0 Å². The van der Waals surface area contributed by atoms with Crippen LogP contribution in [0, 0.1) is 5.92 Å². The van der Waals surface area contributed by atoms with Gasteiger partial charge in [0.1, 0.15) is 0 Å². The van der Waals surface area contributed by atoms with E-state index in [4.69, 9.17) is 27.9 Å². The van der Waals surface area contributed by atoms with E-state index in [9.17, 15) is 14.4 Å². The van der Waals surface area contributed by atoms with Crippen LogP contribution in [0.1, 0.15) is 54.9 Å². The highest BCUT2D eigenvalue weighted by Gasteiger charge is 2.40. The first kappa shape index (κ1) is 32.3. The molecule has 240 valence electrons. The Morgan fingerprint density at radius 2 is 1.84 bits per heavy atom. The average Bonchev–Trinajstić information content (AvgIpc) is 3.66. The molecule has 0 spiro atoms. The first-order chi connectivity index (χ1) is 21.7. The lowest BCUT2D eigenvalue weighted by Gasteiger charge is -2.35. The zero-order valence-electron chi connectivity index (χ0n) is 25.8. The van der Waals surface area contributed by atoms with Gasteiger partial charge in [0, 0.05) is 53.2 Å². The molecule has 1 aromatic heterocycles. The molecule has 0 unspecified atom stereocenters. The number of likely N-dealkylation sites (N-methyl/N-ethyl adjacent to an activating group) is 1. The van der Waals surface area contributed by atoms with E-state index in [-0.39, 0.29) is 42.3 Å². The molecule has 3 fully saturated rings. The van der Waals surface area contributed by atoms with Gasteiger partial charge in [-0.05, 0) is 61.8 Å². The van der Waals surface area contributed by atoms with E-state index in [1.165, 1.54) is 24.2 Å². The second-order valence-electron chi connectivity index (χ2n) is 12.8. The normalized spacial score (nSPS) is 24.4. The van der Waals surface area contributed by atoms with Crippen LogP contribution in [0.25, 0.3) is 10.1 Å². The zero-order valence-corrected chi connectivity index (χ0v) is 28.1. The lowest BCUT2D eigenvalue weighted by atomic mass is 9.89. The van der Waals surface area contributed by atoms with Gasteiger partial charge in [-0.25, -0.2) is 0 Å². The lowest BCUT2D eigenvalue weighted by Crippen LogP contribution is -2.52. The summed E-state index contributed by atoms with van der Waals surface area (Å²) in [5, 5.41) is 6.28. The minimum absolute atomic E-state index is 0.0525. The lowest BCUT2D eigenvalue weighted by molar-refractivity contribution is -0.135. The van der Waals surface area contributed by atoms with Gasteiger partial charge in [0.2, 0.25) is 11.8 Å². The molecule has 11 heteroatoms. The number of carbonyl (C=O) groups excluding carboxylic acids is 3. The molecule has 2 atom stereocenters. The maximum atomic E-state index is 13.9. The van der Waals surface area contributed by atoms with Crippen molar-refractivity contribution in [2.45, 2.75) is 63.6 Å². The number of hydrogen-bond donors (Lipinski definition) is 1. The number of thiophene rings is 1. The number of nitrogens with one attached hydrogen (secondary N) is 1. The van der Waals surface area contributed by atoms with Gasteiger partial charge in [-0.2, -0.15) is 0 Å². The van der Waals surface area contributed by atoms with Crippen molar-refractivity contribution < 1.29 is 19.1 Å². The summed E-state index contributed by atoms with van der Waals surface area (Å²) in [6, 6.07) is 11.0. The number of fused-ring (bicyclic) bond motifs is 1. The van der Waals surface area contributed by atoms with Crippen molar-refractivity contribution >= 4 is 68.0 Å². The largest absolute Gasteiger partial charge is 0.376 e. The SMILES string of the molecule is CC1CCC(OC[C@@H]2C[C@H](N3CCN(C)C(=O)C3)CN2C(=O)Cc2cc(Cl)c(NC(=O)c3csc4ccccc34)cc2Cl)CC1. The molecule has 0 radical (unpaired) electrons. The summed E-state index contributed by atoms with van der Waals surface area (Å²) in [4.78, 5) is 45.4. The summed E-state index contributed by atoms with van der Waals surface area (Å²) in [7, 11) is 1.83. The third-order valence-electron chi connectivity index (χ3n) is 9.65. The Morgan fingerprint density at radius 3 is 2.62 bits per heavy atom. The van der Waals surface area contributed by atoms with Crippen molar-refractivity contribution in [2.24, 2.45) is 5.92 Å². The highest BCUT2D eigenvalue weighted by Crippen LogP contribution is 2.33. The fraction of sp³-hybridized carbons (Fsp3) is 0.500. The van der Waals surface area contributed by atoms with Gasteiger partial charge in [-0.3, -0.25) is 19.3 Å². The number of likely N-dealkylation sites (tertiary alicyclic amines) is 1. The fourth-order valence-corrected chi connectivity index (χ4v) is 8.18. The molecule has 6 rings (SSSR count). The summed E-state index contributed by atoms with van der Waals surface area (Å²) in [6.45, 7) is 5.16. The average molecular weight is 672 g/mol. The number of benzene rings is 2. The van der Waals surface area contributed by atoms with Gasteiger partial charge >= 0.3 is 0 Å². The predicted octanol–water partition coefficient (Wildman–Crippen LogP) is 6.34. The van der Waals surface area contributed by atoms with E-state index < -0.39 is 0 Å². The molecule has 2 aliphatic heterocycles. The van der Waals surface area contributed by atoms with Gasteiger partial charge in [-0.1, -0.05) is 48.3 Å². The smallest absolute Gasteiger partial charge is 0.257 e. The molecule has 1 aliphatic carbocycles. The summed E-state index contributed by atoms with van der Waals surface area (Å²) in [5.74, 6) is 0.523. The second kappa shape index (κ2) is 14.0. The van der Waals surface area contributed by atoms with Crippen LogP contribution < -0.4 is 5.32 Å². The fourth-order valence-electron chi connectivity index (χ4n) is 6.78. The maximum absolute atomic E-state index is 13.9. The summed E-state index contributed by atoms with van der Waals surface area (Å²) in [6.07, 6.45) is 5.52. The molecular formula is C34H40Cl2N4O4S. The minimum Gasteiger partial charge on any atom is -0.376 e. The first-order valence-corrected chi connectivity index (χ1v) is 17.4. The van der Waals surface area contributed by atoms with Gasteiger partial charge < -0.3 is 19.9 Å². The molecule has 3 amide bonds. The standard InChI is InChI=1S/C34H40Cl2N4O4S/c1-21-7-9-25(10-8-21)44-19-24-15-23(39-12-11-38(2)33(42)18-39)17-40(24)32(41)14-22-13-29(36)30(16-28(22)35)37-34(43)27-20-45-31-6-4-3-5-26(27)31/h3-6,13,16,20-21,23-25H,7-12,14-15,17-19H2,1-2H3,(H,37,43)/t21?,23-,24-,25?/m0/s1. The number of halogens is 2. The van der Waals surface area contributed by atoms with E-state index in [2.05, 4.69) is 17.1 Å². The molecule has 45 heavy (non-hydrogen) atoms. The predicted molar refractivity (Wildman–Crippen MR) is 180 cm³/mol. The summed E-state index contributed by atoms with van der Waals surface area (Å²) in [5.41, 5.74) is 1.57. The molecular weight excluding hydrogens is 631 g/mol. The first-order valence-electron chi connectivity index (χ1n) is 15.8. The van der Waals surface area contributed by atoms with Crippen LogP contribution >= 0.6 is 34.5 Å². The molecule has 1 saturated carbocycles. The highest BCUT2D eigenvalue weighted by molar-refractivity contribution is 7.17. The summed E-state index contributed by atoms with van der Waals surface area (Å²) < 4.78 is 7.43. The third-order valence-corrected chi connectivity index (χ3v) is 11.3. The van der Waals surface area contributed by atoms with E-state index in [0.717, 1.165) is 41.8 Å². The van der Waals surface area contributed by atoms with Crippen molar-refractivity contribution in [2.75, 3.05) is 45.2 Å². The van der Waals surface area contributed by atoms with Crippen molar-refractivity contribution in [1.29, 1.82) is 0 Å². The molecule has 2 aromatic carbocycles. The number of ether oxygens (including phenoxy) is 1. The number of nitrogens with zero attached hydrogens (tertiary/aromatic N) is 3. The molecule has 2 saturated heterocycles. The van der Waals surface area contributed by atoms with Crippen LogP contribution in [-0.4, -0.2) is 90.4 Å².